The van der Waals surface area contributed by atoms with Gasteiger partial charge in [-0.15, -0.1) is 11.3 Å². The molecule has 1 heterocycles. The molecular weight excluding hydrogens is 348 g/mol. The van der Waals surface area contributed by atoms with Crippen molar-refractivity contribution in [1.29, 1.82) is 0 Å². The number of thiophene rings is 1. The first-order chi connectivity index (χ1) is 11.3. The summed E-state index contributed by atoms with van der Waals surface area (Å²) >= 11 is 7.50. The highest BCUT2D eigenvalue weighted by atomic mass is 35.5. The van der Waals surface area contributed by atoms with Crippen LogP contribution in [-0.4, -0.2) is 10.8 Å². The Balaban J connectivity index is 1.93. The quantitative estimate of drug-likeness (QED) is 0.506. The lowest BCUT2D eigenvalue weighted by atomic mass is 10.1. The molecule has 0 aliphatic carbocycles. The maximum absolute atomic E-state index is 12.5. The number of fused-ring (bicyclic) bond motifs is 1. The minimum Gasteiger partial charge on any atom is -0.320 e. The Hall–Kier alpha value is -2.44. The highest BCUT2D eigenvalue weighted by molar-refractivity contribution is 7.20. The highest BCUT2D eigenvalue weighted by Crippen LogP contribution is 2.31. The van der Waals surface area contributed by atoms with Crippen molar-refractivity contribution in [3.63, 3.8) is 0 Å². The number of nitrogens with zero attached hydrogens (tertiary/aromatic N) is 1. The van der Waals surface area contributed by atoms with Crippen LogP contribution in [0.1, 0.15) is 20.8 Å². The highest BCUT2D eigenvalue weighted by Gasteiger charge is 2.15. The van der Waals surface area contributed by atoms with Gasteiger partial charge in [-0.05, 0) is 43.2 Å². The van der Waals surface area contributed by atoms with Gasteiger partial charge in [0.2, 0.25) is 0 Å². The Morgan fingerprint density at radius 2 is 1.96 bits per heavy atom. The zero-order valence-electron chi connectivity index (χ0n) is 12.9. The van der Waals surface area contributed by atoms with Crippen molar-refractivity contribution in [3.8, 4) is 0 Å². The summed E-state index contributed by atoms with van der Waals surface area (Å²) < 4.78 is 0.817. The van der Waals surface area contributed by atoms with Crippen molar-refractivity contribution >= 4 is 50.3 Å². The minimum absolute atomic E-state index is 0.00433. The van der Waals surface area contributed by atoms with E-state index < -0.39 is 4.92 Å². The molecule has 0 saturated heterocycles. The number of nitro groups is 1. The lowest BCUT2D eigenvalue weighted by Gasteiger charge is -2.10. The molecular formula is C17H13ClN2O3S. The summed E-state index contributed by atoms with van der Waals surface area (Å²) in [4.78, 5) is 23.4. The lowest BCUT2D eigenvalue weighted by Crippen LogP contribution is -2.11. The van der Waals surface area contributed by atoms with Crippen LogP contribution >= 0.6 is 22.9 Å². The van der Waals surface area contributed by atoms with E-state index >= 15 is 0 Å². The van der Waals surface area contributed by atoms with Gasteiger partial charge < -0.3 is 5.32 Å². The molecule has 0 saturated carbocycles. The second-order valence-corrected chi connectivity index (χ2v) is 6.97. The molecule has 0 fully saturated rings. The van der Waals surface area contributed by atoms with Crippen LogP contribution in [0.15, 0.2) is 36.4 Å². The molecule has 0 aliphatic heterocycles. The fourth-order valence-corrected chi connectivity index (χ4v) is 3.81. The van der Waals surface area contributed by atoms with Crippen molar-refractivity contribution in [2.24, 2.45) is 0 Å². The summed E-state index contributed by atoms with van der Waals surface area (Å²) in [5.74, 6) is -0.285. The molecule has 2 aromatic carbocycles. The van der Waals surface area contributed by atoms with Gasteiger partial charge in [0, 0.05) is 22.2 Å². The van der Waals surface area contributed by atoms with E-state index in [0.29, 0.717) is 21.0 Å². The van der Waals surface area contributed by atoms with Gasteiger partial charge in [-0.25, -0.2) is 0 Å². The second-order valence-electron chi connectivity index (χ2n) is 5.48. The predicted octanol–water partition coefficient (Wildman–Crippen LogP) is 5.33. The van der Waals surface area contributed by atoms with Crippen LogP contribution in [0.25, 0.3) is 10.1 Å². The first-order valence-electron chi connectivity index (χ1n) is 7.11. The fraction of sp³-hybridized carbons (Fsp3) is 0.118. The number of anilines is 1. The van der Waals surface area contributed by atoms with E-state index in [9.17, 15) is 14.9 Å². The molecule has 3 rings (SSSR count). The van der Waals surface area contributed by atoms with Crippen molar-refractivity contribution in [1.82, 2.24) is 0 Å². The van der Waals surface area contributed by atoms with Crippen LogP contribution in [-0.2, 0) is 0 Å². The largest absolute Gasteiger partial charge is 0.320 e. The van der Waals surface area contributed by atoms with E-state index in [2.05, 4.69) is 5.32 Å². The summed E-state index contributed by atoms with van der Waals surface area (Å²) in [6.45, 7) is 3.81. The van der Waals surface area contributed by atoms with Crippen molar-refractivity contribution in [2.45, 2.75) is 13.8 Å². The van der Waals surface area contributed by atoms with E-state index in [1.807, 2.05) is 19.9 Å². The molecule has 1 N–H and O–H groups in total. The van der Waals surface area contributed by atoms with Crippen LogP contribution in [0.3, 0.4) is 0 Å². The number of nitro benzene ring substituents is 1. The third-order valence-electron chi connectivity index (χ3n) is 3.60. The van der Waals surface area contributed by atoms with E-state index in [4.69, 9.17) is 11.6 Å². The molecule has 122 valence electrons. The maximum atomic E-state index is 12.5. The number of rotatable bonds is 3. The van der Waals surface area contributed by atoms with Crippen molar-refractivity contribution in [3.05, 3.63) is 67.5 Å². The van der Waals surface area contributed by atoms with Gasteiger partial charge in [0.05, 0.1) is 20.5 Å². The molecule has 0 bridgehead atoms. The molecule has 1 amide bonds. The SMILES string of the molecule is Cc1cc(C)c(NC(=O)c2cc3cc([N+](=O)[O-])ccc3s2)c(Cl)c1. The molecule has 3 aromatic rings. The van der Waals surface area contributed by atoms with E-state index in [0.717, 1.165) is 15.8 Å². The van der Waals surface area contributed by atoms with Gasteiger partial charge >= 0.3 is 0 Å². The summed E-state index contributed by atoms with van der Waals surface area (Å²) in [7, 11) is 0. The molecule has 24 heavy (non-hydrogen) atoms. The Labute approximate surface area is 147 Å². The smallest absolute Gasteiger partial charge is 0.270 e. The van der Waals surface area contributed by atoms with E-state index in [1.54, 1.807) is 18.2 Å². The first-order valence-corrected chi connectivity index (χ1v) is 8.30. The molecule has 0 atom stereocenters. The Kier molecular flexibility index (Phi) is 4.26. The Bertz CT molecular complexity index is 958. The van der Waals surface area contributed by atoms with Gasteiger partial charge in [-0.2, -0.15) is 0 Å². The summed E-state index contributed by atoms with van der Waals surface area (Å²) in [6.07, 6.45) is 0. The molecule has 1 aromatic heterocycles. The van der Waals surface area contributed by atoms with E-state index in [-0.39, 0.29) is 11.6 Å². The average molecular weight is 361 g/mol. The standard InChI is InChI=1S/C17H13ClN2O3S/c1-9-5-10(2)16(13(18)6-9)19-17(21)15-8-11-7-12(20(22)23)3-4-14(11)24-15/h3-8H,1-2H3,(H,19,21). The number of carbonyl (C=O) groups excluding carboxylic acids is 1. The second kappa shape index (κ2) is 6.22. The van der Waals surface area contributed by atoms with Crippen LogP contribution < -0.4 is 5.32 Å². The number of carbonyl (C=O) groups is 1. The topological polar surface area (TPSA) is 72.2 Å². The van der Waals surface area contributed by atoms with Crippen molar-refractivity contribution < 1.29 is 9.72 Å². The minimum atomic E-state index is -0.452. The number of halogens is 1. The van der Waals surface area contributed by atoms with Crippen molar-refractivity contribution in [2.75, 3.05) is 5.32 Å². The maximum Gasteiger partial charge on any atom is 0.270 e. The number of hydrogen-bond donors (Lipinski definition) is 1. The Morgan fingerprint density at radius 1 is 1.21 bits per heavy atom. The van der Waals surface area contributed by atoms with Crippen LogP contribution in [0.4, 0.5) is 11.4 Å². The number of amides is 1. The van der Waals surface area contributed by atoms with Gasteiger partial charge in [0.25, 0.3) is 11.6 Å². The normalized spacial score (nSPS) is 10.8. The van der Waals surface area contributed by atoms with Gasteiger partial charge in [-0.3, -0.25) is 14.9 Å². The molecule has 0 aliphatic rings. The van der Waals surface area contributed by atoms with E-state index in [1.165, 1.54) is 23.5 Å². The fourth-order valence-electron chi connectivity index (χ4n) is 2.51. The molecule has 7 heteroatoms. The van der Waals surface area contributed by atoms with Crippen LogP contribution in [0.2, 0.25) is 5.02 Å². The van der Waals surface area contributed by atoms with Crippen LogP contribution in [0, 0.1) is 24.0 Å². The van der Waals surface area contributed by atoms with Gasteiger partial charge in [0.15, 0.2) is 0 Å². The molecule has 0 radical (unpaired) electrons. The van der Waals surface area contributed by atoms with Gasteiger partial charge in [-0.1, -0.05) is 17.7 Å². The number of benzene rings is 2. The zero-order valence-corrected chi connectivity index (χ0v) is 14.5. The van der Waals surface area contributed by atoms with Gasteiger partial charge in [0.1, 0.15) is 0 Å². The monoisotopic (exact) mass is 360 g/mol. The molecule has 5 nitrogen and oxygen atoms in total. The number of nitrogens with one attached hydrogen (secondary N) is 1. The number of non-ortho nitro benzene ring substituents is 1. The zero-order chi connectivity index (χ0) is 17.4. The first kappa shape index (κ1) is 16.4. The number of aryl methyl sites for hydroxylation is 2. The summed E-state index contributed by atoms with van der Waals surface area (Å²) in [5, 5.41) is 14.8. The third-order valence-corrected chi connectivity index (χ3v) is 5.02. The predicted molar refractivity (Wildman–Crippen MR) is 97.4 cm³/mol. The average Bonchev–Trinajstić information content (AvgIpc) is 2.93. The molecule has 0 spiro atoms. The summed E-state index contributed by atoms with van der Waals surface area (Å²) in [6, 6.07) is 9.93. The third kappa shape index (κ3) is 3.11. The lowest BCUT2D eigenvalue weighted by molar-refractivity contribution is -0.384. The summed E-state index contributed by atoms with van der Waals surface area (Å²) in [5.41, 5.74) is 2.48. The number of hydrogen-bond acceptors (Lipinski definition) is 4. The molecule has 0 unspecified atom stereocenters. The Morgan fingerprint density at radius 3 is 2.62 bits per heavy atom. The van der Waals surface area contributed by atoms with Crippen LogP contribution in [0.5, 0.6) is 0 Å².